The summed E-state index contributed by atoms with van der Waals surface area (Å²) >= 11 is 0. The van der Waals surface area contributed by atoms with Gasteiger partial charge in [0, 0.05) is 18.1 Å². The molecule has 0 spiro atoms. The zero-order chi connectivity index (χ0) is 21.2. The van der Waals surface area contributed by atoms with Gasteiger partial charge >= 0.3 is 5.97 Å². The Labute approximate surface area is 169 Å². The number of para-hydroxylation sites is 2. The summed E-state index contributed by atoms with van der Waals surface area (Å²) in [7, 11) is 4.28. The minimum atomic E-state index is -1.51. The van der Waals surface area contributed by atoms with Crippen molar-refractivity contribution < 1.29 is 34.2 Å². The summed E-state index contributed by atoms with van der Waals surface area (Å²) in [4.78, 5) is 20.4. The predicted molar refractivity (Wildman–Crippen MR) is 105 cm³/mol. The largest absolute Gasteiger partial charge is 0.545 e. The molecule has 154 valence electrons. The number of likely N-dealkylation sites (N-methyl/N-ethyl adjacent to an activating group) is 1. The van der Waals surface area contributed by atoms with Crippen LogP contribution in [0.1, 0.15) is 17.2 Å². The summed E-state index contributed by atoms with van der Waals surface area (Å²) in [6.45, 7) is 1.75. The van der Waals surface area contributed by atoms with E-state index in [1.165, 1.54) is 10.5 Å². The molecular weight excluding hydrogens is 374 g/mol. The highest BCUT2D eigenvalue weighted by atomic mass is 16.5. The van der Waals surface area contributed by atoms with Crippen molar-refractivity contribution in [2.24, 2.45) is 0 Å². The Bertz CT molecular complexity index is 846. The Balaban J connectivity index is 0.000000321. The summed E-state index contributed by atoms with van der Waals surface area (Å²) in [5.41, 5.74) is 2.35. The van der Waals surface area contributed by atoms with E-state index in [9.17, 15) is 14.7 Å². The van der Waals surface area contributed by atoms with Crippen molar-refractivity contribution in [1.29, 1.82) is 0 Å². The first-order valence-corrected chi connectivity index (χ1v) is 9.24. The molecule has 1 unspecified atom stereocenters. The first kappa shape index (κ1) is 22.1. The lowest BCUT2D eigenvalue weighted by atomic mass is 10.0. The second-order valence-electron chi connectivity index (χ2n) is 6.76. The normalized spacial score (nSPS) is 14.8. The molecule has 1 heterocycles. The number of quaternary nitrogens is 1. The lowest BCUT2D eigenvalue weighted by Gasteiger charge is -2.18. The highest BCUT2D eigenvalue weighted by molar-refractivity contribution is 5.88. The Hall–Kier alpha value is -3.16. The second kappa shape index (κ2) is 11.0. The van der Waals surface area contributed by atoms with Gasteiger partial charge in [0.25, 0.3) is 0 Å². The highest BCUT2D eigenvalue weighted by Gasteiger charge is 2.23. The summed E-state index contributed by atoms with van der Waals surface area (Å²) in [5, 5.41) is 17.2. The number of benzene rings is 2. The van der Waals surface area contributed by atoms with Gasteiger partial charge in [0.2, 0.25) is 0 Å². The summed E-state index contributed by atoms with van der Waals surface area (Å²) in [6.07, 6.45) is 1.86. The van der Waals surface area contributed by atoms with Crippen LogP contribution >= 0.6 is 0 Å². The first-order chi connectivity index (χ1) is 13.9. The number of carbonyl (C=O) groups excluding carboxylic acids is 1. The molecule has 3 rings (SSSR count). The van der Waals surface area contributed by atoms with Crippen molar-refractivity contribution >= 4 is 11.9 Å². The Morgan fingerprint density at radius 1 is 1.14 bits per heavy atom. The number of hydrogen-bond donors (Lipinski definition) is 2. The molecule has 0 bridgehead atoms. The van der Waals surface area contributed by atoms with Gasteiger partial charge in [0.05, 0.1) is 32.8 Å². The van der Waals surface area contributed by atoms with Crippen molar-refractivity contribution in [1.82, 2.24) is 0 Å². The number of hydrogen-bond acceptors (Lipinski definition) is 5. The van der Waals surface area contributed by atoms with Gasteiger partial charge in [-0.05, 0) is 23.8 Å². The maximum Gasteiger partial charge on any atom is 0.328 e. The molecule has 1 atom stereocenters. The quantitative estimate of drug-likeness (QED) is 0.691. The zero-order valence-corrected chi connectivity index (χ0v) is 16.5. The molecule has 7 nitrogen and oxygen atoms in total. The molecule has 1 aliphatic rings. The van der Waals surface area contributed by atoms with Crippen molar-refractivity contribution in [3.05, 3.63) is 71.8 Å². The molecule has 0 fully saturated rings. The number of carbonyl (C=O) groups is 2. The number of nitrogens with one attached hydrogen (secondary N) is 1. The van der Waals surface area contributed by atoms with Gasteiger partial charge < -0.3 is 29.4 Å². The third-order valence-corrected chi connectivity index (χ3v) is 4.15. The average molecular weight is 399 g/mol. The van der Waals surface area contributed by atoms with Crippen LogP contribution in [0.25, 0.3) is 0 Å². The van der Waals surface area contributed by atoms with Crippen LogP contribution < -0.4 is 14.7 Å². The minimum absolute atomic E-state index is 0.0594. The summed E-state index contributed by atoms with van der Waals surface area (Å²) in [5.74, 6) is -0.958. The number of rotatable bonds is 6. The summed E-state index contributed by atoms with van der Waals surface area (Å²) < 4.78 is 12.2. The van der Waals surface area contributed by atoms with Crippen LogP contribution in [0.4, 0.5) is 0 Å². The zero-order valence-electron chi connectivity index (χ0n) is 16.5. The third-order valence-electron chi connectivity index (χ3n) is 4.15. The van der Waals surface area contributed by atoms with Crippen molar-refractivity contribution in [2.45, 2.75) is 12.5 Å². The van der Waals surface area contributed by atoms with Gasteiger partial charge in [-0.15, -0.1) is 0 Å². The van der Waals surface area contributed by atoms with E-state index in [1.54, 1.807) is 0 Å². The van der Waals surface area contributed by atoms with Crippen molar-refractivity contribution in [3.63, 3.8) is 0 Å². The first-order valence-electron chi connectivity index (χ1n) is 9.24. The minimum Gasteiger partial charge on any atom is -0.545 e. The van der Waals surface area contributed by atoms with E-state index in [-0.39, 0.29) is 6.10 Å². The smallest absolute Gasteiger partial charge is 0.328 e. The molecule has 0 saturated carbocycles. The fourth-order valence-electron chi connectivity index (χ4n) is 2.73. The Kier molecular flexibility index (Phi) is 8.39. The molecule has 29 heavy (non-hydrogen) atoms. The van der Waals surface area contributed by atoms with Gasteiger partial charge in [0.15, 0.2) is 0 Å². The number of fused-ring (bicyclic) bond motifs is 2. The monoisotopic (exact) mass is 399 g/mol. The van der Waals surface area contributed by atoms with E-state index in [0.717, 1.165) is 36.6 Å². The van der Waals surface area contributed by atoms with Gasteiger partial charge in [0.1, 0.15) is 18.0 Å². The van der Waals surface area contributed by atoms with E-state index < -0.39 is 11.9 Å². The second-order valence-corrected chi connectivity index (χ2v) is 6.76. The summed E-state index contributed by atoms with van der Waals surface area (Å²) in [6, 6.07) is 16.4. The molecule has 0 saturated heterocycles. The van der Waals surface area contributed by atoms with Crippen molar-refractivity contribution in [3.8, 4) is 11.5 Å². The van der Waals surface area contributed by atoms with Crippen LogP contribution in [0, 0.1) is 0 Å². The Morgan fingerprint density at radius 3 is 2.41 bits per heavy atom. The van der Waals surface area contributed by atoms with E-state index in [2.05, 4.69) is 32.3 Å². The standard InChI is InChI=1S/C18H21NO2.C4H4O4/c1-19(2)11-12-20-18-13-14-7-3-5-9-16(14)21-17-10-6-4-8-15(17)18;5-3(6)1-2-4(7)8/h3-10,18H,11-13H2,1-2H3;1-2H,(H,5,6)(H,7,8)/b;2-1-. The predicted octanol–water partition coefficient (Wildman–Crippen LogP) is 0.614. The highest BCUT2D eigenvalue weighted by Crippen LogP contribution is 2.39. The van der Waals surface area contributed by atoms with Gasteiger partial charge in [-0.1, -0.05) is 36.4 Å². The van der Waals surface area contributed by atoms with Crippen LogP contribution in [0.3, 0.4) is 0 Å². The number of ether oxygens (including phenoxy) is 2. The van der Waals surface area contributed by atoms with Crippen LogP contribution in [-0.4, -0.2) is 44.3 Å². The van der Waals surface area contributed by atoms with E-state index >= 15 is 0 Å². The van der Waals surface area contributed by atoms with Crippen LogP contribution in [0.2, 0.25) is 0 Å². The van der Waals surface area contributed by atoms with Crippen molar-refractivity contribution in [2.75, 3.05) is 27.2 Å². The molecule has 0 amide bonds. The molecular formula is C22H25NO6. The number of carboxylic acids is 2. The lowest BCUT2D eigenvalue weighted by molar-refractivity contribution is -0.858. The third kappa shape index (κ3) is 7.40. The molecule has 7 heteroatoms. The molecule has 0 aliphatic carbocycles. The van der Waals surface area contributed by atoms with E-state index in [4.69, 9.17) is 14.6 Å². The molecule has 0 radical (unpaired) electrons. The molecule has 2 aromatic rings. The van der Waals surface area contributed by atoms with Crippen LogP contribution in [-0.2, 0) is 20.7 Å². The van der Waals surface area contributed by atoms with Gasteiger partial charge in [-0.3, -0.25) is 0 Å². The van der Waals surface area contributed by atoms with Gasteiger partial charge in [-0.25, -0.2) is 4.79 Å². The van der Waals surface area contributed by atoms with Crippen LogP contribution in [0.5, 0.6) is 11.5 Å². The lowest BCUT2D eigenvalue weighted by Crippen LogP contribution is -3.06. The molecule has 2 N–H and O–H groups in total. The van der Waals surface area contributed by atoms with Crippen LogP contribution in [0.15, 0.2) is 60.7 Å². The number of carboxylic acid groups (broad SMARTS) is 2. The SMILES string of the molecule is C[NH+](C)CCOC1Cc2ccccc2Oc2ccccc21.O=C([O-])/C=C\C(=O)O. The van der Waals surface area contributed by atoms with Gasteiger partial charge in [-0.2, -0.15) is 0 Å². The fraction of sp³-hybridized carbons (Fsp3) is 0.273. The Morgan fingerprint density at radius 2 is 1.79 bits per heavy atom. The molecule has 1 aliphatic heterocycles. The van der Waals surface area contributed by atoms with E-state index in [1.807, 2.05) is 30.3 Å². The topological polar surface area (TPSA) is 100 Å². The molecule has 2 aromatic carbocycles. The fourth-order valence-corrected chi connectivity index (χ4v) is 2.73. The maximum atomic E-state index is 9.53. The maximum absolute atomic E-state index is 9.53. The average Bonchev–Trinajstić information content (AvgIpc) is 2.83. The number of aliphatic carboxylic acids is 2. The van der Waals surface area contributed by atoms with E-state index in [0.29, 0.717) is 12.2 Å². The molecule has 0 aromatic heterocycles.